The highest BCUT2D eigenvalue weighted by Crippen LogP contribution is 2.46. The molecule has 0 radical (unpaired) electrons. The standard InChI is InChI=1S/C18H18F4N2/c1-10-9-18(21,22)6-4-12(10)17-16(23)13(5-7-24-17)14-8-11(19)2-3-15(14)20/h2-3,5,7-8,10,12H,4,6,9,23H2,1H3/t10-,12+/m1/s1. The normalized spacial score (nSPS) is 23.2. The zero-order valence-electron chi connectivity index (χ0n) is 13.2. The number of hydrogen-bond donors (Lipinski definition) is 1. The van der Waals surface area contributed by atoms with Gasteiger partial charge in [-0.3, -0.25) is 4.98 Å². The molecule has 2 N–H and O–H groups in total. The largest absolute Gasteiger partial charge is 0.397 e. The van der Waals surface area contributed by atoms with Crippen molar-refractivity contribution in [3.8, 4) is 11.1 Å². The van der Waals surface area contributed by atoms with Crippen LogP contribution in [0.1, 0.15) is 37.8 Å². The molecule has 1 saturated carbocycles. The number of anilines is 1. The molecule has 0 aliphatic heterocycles. The van der Waals surface area contributed by atoms with Gasteiger partial charge in [0.05, 0.1) is 11.4 Å². The summed E-state index contributed by atoms with van der Waals surface area (Å²) >= 11 is 0. The summed E-state index contributed by atoms with van der Waals surface area (Å²) in [4.78, 5) is 4.25. The van der Waals surface area contributed by atoms with Gasteiger partial charge in [-0.15, -0.1) is 0 Å². The van der Waals surface area contributed by atoms with Gasteiger partial charge >= 0.3 is 0 Å². The van der Waals surface area contributed by atoms with Gasteiger partial charge < -0.3 is 5.73 Å². The summed E-state index contributed by atoms with van der Waals surface area (Å²) in [6.07, 6.45) is 1.28. The molecule has 3 rings (SSSR count). The molecule has 0 unspecified atom stereocenters. The minimum Gasteiger partial charge on any atom is -0.397 e. The van der Waals surface area contributed by atoms with Gasteiger partial charge in [0.25, 0.3) is 0 Å². The third-order valence-corrected chi connectivity index (χ3v) is 4.72. The van der Waals surface area contributed by atoms with Crippen LogP contribution >= 0.6 is 0 Å². The Kier molecular flexibility index (Phi) is 4.24. The van der Waals surface area contributed by atoms with Crippen LogP contribution in [0.5, 0.6) is 0 Å². The Bertz CT molecular complexity index is 761. The van der Waals surface area contributed by atoms with Crippen LogP contribution < -0.4 is 5.73 Å². The minimum absolute atomic E-state index is 0.0462. The average molecular weight is 338 g/mol. The summed E-state index contributed by atoms with van der Waals surface area (Å²) in [5.74, 6) is -4.35. The molecule has 0 saturated heterocycles. The van der Waals surface area contributed by atoms with Crippen molar-refractivity contribution < 1.29 is 17.6 Å². The highest BCUT2D eigenvalue weighted by atomic mass is 19.3. The van der Waals surface area contributed by atoms with Crippen molar-refractivity contribution in [2.24, 2.45) is 5.92 Å². The van der Waals surface area contributed by atoms with E-state index in [1.807, 2.05) is 0 Å². The van der Waals surface area contributed by atoms with Crippen molar-refractivity contribution in [3.63, 3.8) is 0 Å². The highest BCUT2D eigenvalue weighted by molar-refractivity contribution is 5.78. The van der Waals surface area contributed by atoms with Gasteiger partial charge in [-0.2, -0.15) is 0 Å². The lowest BCUT2D eigenvalue weighted by Gasteiger charge is -2.34. The Labute approximate surface area is 137 Å². The molecular weight excluding hydrogens is 320 g/mol. The van der Waals surface area contributed by atoms with Gasteiger partial charge in [-0.1, -0.05) is 6.92 Å². The van der Waals surface area contributed by atoms with E-state index >= 15 is 0 Å². The molecule has 1 aliphatic carbocycles. The fraction of sp³-hybridized carbons (Fsp3) is 0.389. The highest BCUT2D eigenvalue weighted by Gasteiger charge is 2.41. The van der Waals surface area contributed by atoms with Crippen molar-refractivity contribution in [2.45, 2.75) is 38.0 Å². The van der Waals surface area contributed by atoms with Gasteiger partial charge in [-0.25, -0.2) is 17.6 Å². The Morgan fingerprint density at radius 2 is 1.92 bits per heavy atom. The molecule has 1 heterocycles. The molecule has 6 heteroatoms. The number of rotatable bonds is 2. The van der Waals surface area contributed by atoms with Crippen LogP contribution in [0.4, 0.5) is 23.2 Å². The van der Waals surface area contributed by atoms with E-state index in [0.717, 1.165) is 18.2 Å². The van der Waals surface area contributed by atoms with Crippen molar-refractivity contribution in [2.75, 3.05) is 5.73 Å². The van der Waals surface area contributed by atoms with E-state index in [0.29, 0.717) is 11.3 Å². The summed E-state index contributed by atoms with van der Waals surface area (Å²) < 4.78 is 54.6. The van der Waals surface area contributed by atoms with E-state index in [4.69, 9.17) is 5.73 Å². The molecule has 2 nitrogen and oxygen atoms in total. The van der Waals surface area contributed by atoms with Crippen LogP contribution in [0.3, 0.4) is 0 Å². The maximum atomic E-state index is 14.0. The zero-order chi connectivity index (χ0) is 17.5. The van der Waals surface area contributed by atoms with Crippen molar-refractivity contribution in [3.05, 3.63) is 47.8 Å². The van der Waals surface area contributed by atoms with E-state index in [2.05, 4.69) is 4.98 Å². The Morgan fingerprint density at radius 3 is 2.62 bits per heavy atom. The number of pyridine rings is 1. The number of nitrogens with two attached hydrogens (primary N) is 1. The number of nitrogens with zero attached hydrogens (tertiary/aromatic N) is 1. The smallest absolute Gasteiger partial charge is 0.248 e. The lowest BCUT2D eigenvalue weighted by atomic mass is 9.76. The Hall–Kier alpha value is -2.11. The first-order valence-electron chi connectivity index (χ1n) is 7.86. The van der Waals surface area contributed by atoms with E-state index < -0.39 is 17.6 Å². The third-order valence-electron chi connectivity index (χ3n) is 4.72. The maximum Gasteiger partial charge on any atom is 0.248 e. The van der Waals surface area contributed by atoms with Crippen molar-refractivity contribution >= 4 is 5.69 Å². The van der Waals surface area contributed by atoms with Crippen LogP contribution in [0.15, 0.2) is 30.5 Å². The lowest BCUT2D eigenvalue weighted by molar-refractivity contribution is -0.0558. The van der Waals surface area contributed by atoms with Crippen molar-refractivity contribution in [1.82, 2.24) is 4.98 Å². The van der Waals surface area contributed by atoms with Gasteiger partial charge in [0, 0.05) is 36.1 Å². The molecule has 0 spiro atoms. The monoisotopic (exact) mass is 338 g/mol. The van der Waals surface area contributed by atoms with Gasteiger partial charge in [0.2, 0.25) is 5.92 Å². The van der Waals surface area contributed by atoms with E-state index in [9.17, 15) is 17.6 Å². The van der Waals surface area contributed by atoms with E-state index in [-0.39, 0.29) is 42.3 Å². The molecule has 1 fully saturated rings. The van der Waals surface area contributed by atoms with Crippen LogP contribution in [0.25, 0.3) is 11.1 Å². The SMILES string of the molecule is C[C@@H]1CC(F)(F)CC[C@@H]1c1nccc(-c2cc(F)ccc2F)c1N. The average Bonchev–Trinajstić information content (AvgIpc) is 2.50. The van der Waals surface area contributed by atoms with Crippen LogP contribution in [0.2, 0.25) is 0 Å². The van der Waals surface area contributed by atoms with Crippen molar-refractivity contribution in [1.29, 1.82) is 0 Å². The molecular formula is C18H18F4N2. The summed E-state index contributed by atoms with van der Waals surface area (Å²) in [5, 5.41) is 0. The predicted octanol–water partition coefficient (Wildman–Crippen LogP) is 5.15. The second kappa shape index (κ2) is 6.07. The molecule has 2 aromatic rings. The van der Waals surface area contributed by atoms with Gasteiger partial charge in [-0.05, 0) is 36.6 Å². The van der Waals surface area contributed by atoms with E-state index in [1.54, 1.807) is 6.92 Å². The summed E-state index contributed by atoms with van der Waals surface area (Å²) in [5.41, 5.74) is 7.25. The van der Waals surface area contributed by atoms with Gasteiger partial charge in [0.15, 0.2) is 0 Å². The molecule has 0 bridgehead atoms. The molecule has 24 heavy (non-hydrogen) atoms. The quantitative estimate of drug-likeness (QED) is 0.769. The van der Waals surface area contributed by atoms with Crippen LogP contribution in [-0.4, -0.2) is 10.9 Å². The molecule has 2 atom stereocenters. The Morgan fingerprint density at radius 1 is 1.17 bits per heavy atom. The molecule has 0 amide bonds. The number of aromatic nitrogens is 1. The molecule has 128 valence electrons. The number of hydrogen-bond acceptors (Lipinski definition) is 2. The number of nitrogen functional groups attached to an aromatic ring is 1. The Balaban J connectivity index is 2.02. The van der Waals surface area contributed by atoms with Crippen LogP contribution in [-0.2, 0) is 0 Å². The molecule has 1 aliphatic rings. The first-order chi connectivity index (χ1) is 11.3. The maximum absolute atomic E-state index is 14.0. The number of alkyl halides is 2. The first-order valence-corrected chi connectivity index (χ1v) is 7.86. The first kappa shape index (κ1) is 16.7. The second-order valence-electron chi connectivity index (χ2n) is 6.46. The number of halogens is 4. The third kappa shape index (κ3) is 3.09. The second-order valence-corrected chi connectivity index (χ2v) is 6.46. The topological polar surface area (TPSA) is 38.9 Å². The fourth-order valence-electron chi connectivity index (χ4n) is 3.50. The minimum atomic E-state index is -2.67. The number of benzene rings is 1. The predicted molar refractivity (Wildman–Crippen MR) is 84.7 cm³/mol. The summed E-state index contributed by atoms with van der Waals surface area (Å²) in [6, 6.07) is 4.65. The van der Waals surface area contributed by atoms with Crippen LogP contribution in [0, 0.1) is 17.6 Å². The zero-order valence-corrected chi connectivity index (χ0v) is 13.2. The fourth-order valence-corrected chi connectivity index (χ4v) is 3.50. The molecule has 1 aromatic heterocycles. The lowest BCUT2D eigenvalue weighted by Crippen LogP contribution is -2.30. The van der Waals surface area contributed by atoms with E-state index in [1.165, 1.54) is 12.3 Å². The van der Waals surface area contributed by atoms with Gasteiger partial charge in [0.1, 0.15) is 11.6 Å². The molecule has 1 aromatic carbocycles. The summed E-state index contributed by atoms with van der Waals surface area (Å²) in [7, 11) is 0. The summed E-state index contributed by atoms with van der Waals surface area (Å²) in [6.45, 7) is 1.74.